The quantitative estimate of drug-likeness (QED) is 0.813. The van der Waals surface area contributed by atoms with Gasteiger partial charge < -0.3 is 19.7 Å². The number of hydrogen-bond donors (Lipinski definition) is 1. The molecule has 0 bridgehead atoms. The van der Waals surface area contributed by atoms with Crippen LogP contribution in [0.1, 0.15) is 19.8 Å². The third-order valence-electron chi connectivity index (χ3n) is 4.48. The Morgan fingerprint density at radius 3 is 2.73 bits per heavy atom. The van der Waals surface area contributed by atoms with Gasteiger partial charge in [-0.2, -0.15) is 0 Å². The van der Waals surface area contributed by atoms with Crippen LogP contribution in [0.25, 0.3) is 0 Å². The molecule has 146 valence electrons. The van der Waals surface area contributed by atoms with Crippen molar-refractivity contribution in [3.63, 3.8) is 0 Å². The molecule has 2 aliphatic heterocycles. The molecule has 1 saturated heterocycles. The highest BCUT2D eigenvalue weighted by Gasteiger charge is 2.25. The first-order valence-electron chi connectivity index (χ1n) is 8.60. The summed E-state index contributed by atoms with van der Waals surface area (Å²) in [5.41, 5.74) is 0. The van der Waals surface area contributed by atoms with Crippen molar-refractivity contribution in [3.05, 3.63) is 18.2 Å². The van der Waals surface area contributed by atoms with E-state index in [1.807, 2.05) is 6.92 Å². The van der Waals surface area contributed by atoms with E-state index in [1.165, 1.54) is 12.1 Å². The van der Waals surface area contributed by atoms with E-state index in [1.54, 1.807) is 11.0 Å². The Morgan fingerprint density at radius 1 is 1.27 bits per heavy atom. The Labute approximate surface area is 160 Å². The van der Waals surface area contributed by atoms with Gasteiger partial charge >= 0.3 is 0 Å². The minimum atomic E-state index is -3.56. The molecule has 2 aliphatic rings. The molecule has 1 amide bonds. The molecule has 1 aromatic carbocycles. The lowest BCUT2D eigenvalue weighted by Crippen LogP contribution is -2.52. The minimum absolute atomic E-state index is 0. The summed E-state index contributed by atoms with van der Waals surface area (Å²) in [6.07, 6.45) is 0.745. The minimum Gasteiger partial charge on any atom is -0.490 e. The monoisotopic (exact) mass is 404 g/mol. The largest absolute Gasteiger partial charge is 0.490 e. The van der Waals surface area contributed by atoms with Gasteiger partial charge in [-0.1, -0.05) is 0 Å². The van der Waals surface area contributed by atoms with E-state index < -0.39 is 9.84 Å². The topological polar surface area (TPSA) is 84.9 Å². The van der Waals surface area contributed by atoms with Gasteiger partial charge in [0, 0.05) is 44.6 Å². The summed E-state index contributed by atoms with van der Waals surface area (Å²) >= 11 is 0. The van der Waals surface area contributed by atoms with E-state index in [0.717, 1.165) is 19.5 Å². The van der Waals surface area contributed by atoms with Crippen LogP contribution in [0.2, 0.25) is 0 Å². The molecule has 1 unspecified atom stereocenters. The molecule has 9 heteroatoms. The van der Waals surface area contributed by atoms with Crippen LogP contribution in [0.4, 0.5) is 0 Å². The molecule has 26 heavy (non-hydrogen) atoms. The molecular formula is C17H25ClN2O5S. The molecule has 1 N–H and O–H groups in total. The number of benzene rings is 1. The van der Waals surface area contributed by atoms with Crippen LogP contribution in [0.3, 0.4) is 0 Å². The van der Waals surface area contributed by atoms with Crippen molar-refractivity contribution in [1.29, 1.82) is 0 Å². The third-order valence-corrected chi connectivity index (χ3v) is 6.20. The molecule has 0 aliphatic carbocycles. The van der Waals surface area contributed by atoms with Crippen LogP contribution in [-0.4, -0.2) is 63.9 Å². The summed E-state index contributed by atoms with van der Waals surface area (Å²) in [5.74, 6) is 0.678. The zero-order chi connectivity index (χ0) is 17.9. The van der Waals surface area contributed by atoms with Gasteiger partial charge in [0.05, 0.1) is 23.9 Å². The number of fused-ring (bicyclic) bond motifs is 1. The van der Waals surface area contributed by atoms with Crippen molar-refractivity contribution in [2.24, 2.45) is 0 Å². The number of piperazine rings is 1. The second kappa shape index (κ2) is 8.92. The lowest BCUT2D eigenvalue weighted by molar-refractivity contribution is -0.133. The summed E-state index contributed by atoms with van der Waals surface area (Å²) in [6.45, 7) is 5.10. The molecule has 3 rings (SSSR count). The smallest absolute Gasteiger partial charge is 0.223 e. The zero-order valence-corrected chi connectivity index (χ0v) is 16.4. The van der Waals surface area contributed by atoms with Gasteiger partial charge in [-0.25, -0.2) is 8.42 Å². The fraction of sp³-hybridized carbons (Fsp3) is 0.588. The average Bonchev–Trinajstić information content (AvgIpc) is 2.85. The number of carbonyl (C=O) groups is 1. The van der Waals surface area contributed by atoms with Gasteiger partial charge in [-0.3, -0.25) is 4.79 Å². The van der Waals surface area contributed by atoms with E-state index in [9.17, 15) is 13.2 Å². The second-order valence-corrected chi connectivity index (χ2v) is 8.48. The van der Waals surface area contributed by atoms with Crippen molar-refractivity contribution in [1.82, 2.24) is 10.2 Å². The Bertz CT molecular complexity index is 741. The van der Waals surface area contributed by atoms with Crippen molar-refractivity contribution in [2.45, 2.75) is 30.7 Å². The molecule has 2 heterocycles. The number of amides is 1. The molecule has 1 fully saturated rings. The standard InChI is InChI=1S/C17H24N2O5S.ClH/c1-13-12-18-6-7-19(13)17(20)5-10-25(21,22)14-3-4-15-16(11-14)24-9-2-8-23-15;/h3-4,11,13,18H,2,5-10,12H2,1H3;1H. The number of sulfone groups is 1. The molecule has 7 nitrogen and oxygen atoms in total. The first kappa shape index (κ1) is 20.8. The van der Waals surface area contributed by atoms with Crippen LogP contribution in [0.15, 0.2) is 23.1 Å². The molecule has 0 saturated carbocycles. The number of rotatable bonds is 4. The van der Waals surface area contributed by atoms with Crippen LogP contribution in [-0.2, 0) is 14.6 Å². The number of nitrogens with zero attached hydrogens (tertiary/aromatic N) is 1. The zero-order valence-electron chi connectivity index (χ0n) is 14.8. The number of hydrogen-bond acceptors (Lipinski definition) is 6. The predicted molar refractivity (Wildman–Crippen MR) is 100 cm³/mol. The van der Waals surface area contributed by atoms with Crippen LogP contribution in [0, 0.1) is 0 Å². The summed E-state index contributed by atoms with van der Waals surface area (Å²) in [5, 5.41) is 3.21. The van der Waals surface area contributed by atoms with E-state index >= 15 is 0 Å². The van der Waals surface area contributed by atoms with Gasteiger partial charge in [0.15, 0.2) is 21.3 Å². The van der Waals surface area contributed by atoms with Crippen LogP contribution in [0.5, 0.6) is 11.5 Å². The maximum absolute atomic E-state index is 12.6. The average molecular weight is 405 g/mol. The fourth-order valence-electron chi connectivity index (χ4n) is 3.03. The van der Waals surface area contributed by atoms with Crippen molar-refractivity contribution >= 4 is 28.2 Å². The molecule has 1 aromatic rings. The van der Waals surface area contributed by atoms with Gasteiger partial charge in [-0.05, 0) is 19.1 Å². The fourth-order valence-corrected chi connectivity index (χ4v) is 4.27. The summed E-state index contributed by atoms with van der Waals surface area (Å²) in [6, 6.07) is 4.71. The van der Waals surface area contributed by atoms with Gasteiger partial charge in [0.2, 0.25) is 5.91 Å². The van der Waals surface area contributed by atoms with Gasteiger partial charge in [0.25, 0.3) is 0 Å². The molecular weight excluding hydrogens is 380 g/mol. The number of ether oxygens (including phenoxy) is 2. The molecule has 0 aromatic heterocycles. The maximum Gasteiger partial charge on any atom is 0.223 e. The van der Waals surface area contributed by atoms with Gasteiger partial charge in [0.1, 0.15) is 0 Å². The van der Waals surface area contributed by atoms with E-state index in [-0.39, 0.29) is 41.4 Å². The number of nitrogens with one attached hydrogen (secondary N) is 1. The lowest BCUT2D eigenvalue weighted by atomic mass is 10.2. The third kappa shape index (κ3) is 4.81. The molecule has 0 spiro atoms. The Balaban J connectivity index is 0.00000243. The van der Waals surface area contributed by atoms with Crippen LogP contribution < -0.4 is 14.8 Å². The van der Waals surface area contributed by atoms with E-state index in [0.29, 0.717) is 31.3 Å². The van der Waals surface area contributed by atoms with Crippen LogP contribution >= 0.6 is 12.4 Å². The molecule has 0 radical (unpaired) electrons. The van der Waals surface area contributed by atoms with Crippen molar-refractivity contribution in [3.8, 4) is 11.5 Å². The summed E-state index contributed by atoms with van der Waals surface area (Å²) in [7, 11) is -3.56. The highest BCUT2D eigenvalue weighted by atomic mass is 35.5. The Kier molecular flexibility index (Phi) is 7.14. The first-order valence-corrected chi connectivity index (χ1v) is 10.3. The Hall–Kier alpha value is -1.51. The number of halogens is 1. The van der Waals surface area contributed by atoms with E-state index in [4.69, 9.17) is 9.47 Å². The molecule has 1 atom stereocenters. The van der Waals surface area contributed by atoms with E-state index in [2.05, 4.69) is 5.32 Å². The normalized spacial score (nSPS) is 20.0. The first-order chi connectivity index (χ1) is 12.0. The summed E-state index contributed by atoms with van der Waals surface area (Å²) < 4.78 is 36.3. The predicted octanol–water partition coefficient (Wildman–Crippen LogP) is 1.25. The highest BCUT2D eigenvalue weighted by Crippen LogP contribution is 2.32. The van der Waals surface area contributed by atoms with Gasteiger partial charge in [-0.15, -0.1) is 12.4 Å². The van der Waals surface area contributed by atoms with Crippen molar-refractivity contribution < 1.29 is 22.7 Å². The second-order valence-electron chi connectivity index (χ2n) is 6.37. The SMILES string of the molecule is CC1CNCCN1C(=O)CCS(=O)(=O)c1ccc2c(c1)OCCCO2.Cl. The number of carbonyl (C=O) groups excluding carboxylic acids is 1. The maximum atomic E-state index is 12.6. The highest BCUT2D eigenvalue weighted by molar-refractivity contribution is 7.91. The van der Waals surface area contributed by atoms with Crippen molar-refractivity contribution in [2.75, 3.05) is 38.6 Å². The Morgan fingerprint density at radius 2 is 2.00 bits per heavy atom. The summed E-state index contributed by atoms with van der Waals surface area (Å²) in [4.78, 5) is 14.3. The lowest BCUT2D eigenvalue weighted by Gasteiger charge is -2.34.